The minimum absolute atomic E-state index is 0.351. The molecule has 0 aromatic carbocycles. The van der Waals surface area contributed by atoms with Crippen molar-refractivity contribution >= 4 is 5.91 Å². The molecule has 3 nitrogen and oxygen atoms in total. The lowest BCUT2D eigenvalue weighted by Crippen LogP contribution is -2.46. The minimum Gasteiger partial charge on any atom is -0.337 e. The number of nitrogens with one attached hydrogen (secondary N) is 1. The first-order chi connectivity index (χ1) is 6.16. The molecule has 1 N–H and O–H groups in total. The third kappa shape index (κ3) is 1.70. The first-order valence-corrected chi connectivity index (χ1v) is 5.19. The van der Waals surface area contributed by atoms with E-state index in [1.807, 2.05) is 0 Å². The summed E-state index contributed by atoms with van der Waals surface area (Å²) in [5.74, 6) is 0.837. The zero-order chi connectivity index (χ0) is 9.42. The van der Waals surface area contributed by atoms with Gasteiger partial charge in [0.2, 0.25) is 5.91 Å². The number of carbonyl (C=O) groups excluding carboxylic acids is 1. The summed E-state index contributed by atoms with van der Waals surface area (Å²) in [6.07, 6.45) is 1.88. The molecule has 13 heavy (non-hydrogen) atoms. The Morgan fingerprint density at radius 3 is 2.85 bits per heavy atom. The predicted molar refractivity (Wildman–Crippen MR) is 51.4 cm³/mol. The average Bonchev–Trinajstić information content (AvgIpc) is 2.62. The van der Waals surface area contributed by atoms with Crippen molar-refractivity contribution in [3.63, 3.8) is 0 Å². The second kappa shape index (κ2) is 3.29. The Labute approximate surface area is 79.5 Å². The topological polar surface area (TPSA) is 32.3 Å². The van der Waals surface area contributed by atoms with Crippen LogP contribution in [0.5, 0.6) is 0 Å². The van der Waals surface area contributed by atoms with Gasteiger partial charge >= 0.3 is 0 Å². The first kappa shape index (κ1) is 9.00. The molecule has 1 amide bonds. The molecular weight excluding hydrogens is 164 g/mol. The Bertz CT molecular complexity index is 215. The molecule has 2 rings (SSSR count). The summed E-state index contributed by atoms with van der Waals surface area (Å²) < 4.78 is 0. The lowest BCUT2D eigenvalue weighted by molar-refractivity contribution is -0.133. The normalized spacial score (nSPS) is 31.8. The van der Waals surface area contributed by atoms with Gasteiger partial charge in [-0.05, 0) is 12.3 Å². The monoisotopic (exact) mass is 182 g/mol. The minimum atomic E-state index is 0.351. The molecule has 2 fully saturated rings. The van der Waals surface area contributed by atoms with Gasteiger partial charge < -0.3 is 10.2 Å². The predicted octanol–water partition coefficient (Wildman–Crippen LogP) is 0.605. The largest absolute Gasteiger partial charge is 0.337 e. The summed E-state index contributed by atoms with van der Waals surface area (Å²) in [4.78, 5) is 13.8. The van der Waals surface area contributed by atoms with Crippen molar-refractivity contribution in [2.24, 2.45) is 5.92 Å². The molecule has 2 bridgehead atoms. The Balaban J connectivity index is 1.91. The van der Waals surface area contributed by atoms with Gasteiger partial charge in [0, 0.05) is 31.6 Å². The number of piperazine rings is 1. The fourth-order valence-electron chi connectivity index (χ4n) is 2.33. The molecule has 2 saturated heterocycles. The van der Waals surface area contributed by atoms with Crippen LogP contribution in [0, 0.1) is 5.92 Å². The van der Waals surface area contributed by atoms with Crippen molar-refractivity contribution in [2.75, 3.05) is 13.1 Å². The zero-order valence-corrected chi connectivity index (χ0v) is 8.42. The van der Waals surface area contributed by atoms with Crippen LogP contribution in [0.25, 0.3) is 0 Å². The number of nitrogens with zero attached hydrogens (tertiary/aromatic N) is 1. The molecule has 0 saturated carbocycles. The molecule has 2 aliphatic rings. The summed E-state index contributed by atoms with van der Waals surface area (Å²) in [6, 6.07) is 1.08. The van der Waals surface area contributed by atoms with Gasteiger partial charge in [-0.2, -0.15) is 0 Å². The van der Waals surface area contributed by atoms with Crippen LogP contribution in [0.2, 0.25) is 0 Å². The summed E-state index contributed by atoms with van der Waals surface area (Å²) in [7, 11) is 0. The van der Waals surface area contributed by atoms with Gasteiger partial charge in [0.15, 0.2) is 0 Å². The van der Waals surface area contributed by atoms with Gasteiger partial charge in [0.25, 0.3) is 0 Å². The highest BCUT2D eigenvalue weighted by molar-refractivity contribution is 5.77. The van der Waals surface area contributed by atoms with Crippen LogP contribution in [0.4, 0.5) is 0 Å². The molecule has 0 aromatic heterocycles. The van der Waals surface area contributed by atoms with E-state index in [0.29, 0.717) is 30.3 Å². The standard InChI is InChI=1S/C10H18N2O/c1-7(2)3-10(13)12-6-8-4-9(12)5-11-8/h7-9,11H,3-6H2,1-2H3. The van der Waals surface area contributed by atoms with Crippen LogP contribution < -0.4 is 5.32 Å². The smallest absolute Gasteiger partial charge is 0.223 e. The number of rotatable bonds is 2. The summed E-state index contributed by atoms with van der Waals surface area (Å²) in [6.45, 7) is 6.15. The quantitative estimate of drug-likeness (QED) is 0.678. The van der Waals surface area contributed by atoms with Gasteiger partial charge in [0.1, 0.15) is 0 Å². The summed E-state index contributed by atoms with van der Waals surface area (Å²) >= 11 is 0. The number of hydrogen-bond acceptors (Lipinski definition) is 2. The van der Waals surface area contributed by atoms with Crippen molar-refractivity contribution in [3.8, 4) is 0 Å². The van der Waals surface area contributed by atoms with E-state index in [-0.39, 0.29) is 0 Å². The average molecular weight is 182 g/mol. The molecule has 3 heteroatoms. The van der Waals surface area contributed by atoms with Gasteiger partial charge in [-0.25, -0.2) is 0 Å². The van der Waals surface area contributed by atoms with Crippen molar-refractivity contribution in [3.05, 3.63) is 0 Å². The Morgan fingerprint density at radius 1 is 1.62 bits per heavy atom. The van der Waals surface area contributed by atoms with Crippen molar-refractivity contribution < 1.29 is 4.79 Å². The molecule has 0 spiro atoms. The number of amides is 1. The fourth-order valence-corrected chi connectivity index (χ4v) is 2.33. The van der Waals surface area contributed by atoms with E-state index in [1.54, 1.807) is 0 Å². The van der Waals surface area contributed by atoms with E-state index in [9.17, 15) is 4.79 Å². The fraction of sp³-hybridized carbons (Fsp3) is 0.900. The molecule has 0 aliphatic carbocycles. The van der Waals surface area contributed by atoms with Crippen LogP contribution in [-0.2, 0) is 4.79 Å². The lowest BCUT2D eigenvalue weighted by Gasteiger charge is -2.28. The van der Waals surface area contributed by atoms with Gasteiger partial charge in [-0.15, -0.1) is 0 Å². The number of likely N-dealkylation sites (tertiary alicyclic amines) is 1. The van der Waals surface area contributed by atoms with Crippen LogP contribution in [0.15, 0.2) is 0 Å². The van der Waals surface area contributed by atoms with Crippen LogP contribution >= 0.6 is 0 Å². The van der Waals surface area contributed by atoms with E-state index in [1.165, 1.54) is 6.42 Å². The van der Waals surface area contributed by atoms with E-state index in [4.69, 9.17) is 0 Å². The van der Waals surface area contributed by atoms with Crippen molar-refractivity contribution in [1.82, 2.24) is 10.2 Å². The second-order valence-electron chi connectivity index (χ2n) is 4.64. The molecule has 2 aliphatic heterocycles. The highest BCUT2D eigenvalue weighted by Crippen LogP contribution is 2.24. The maximum atomic E-state index is 11.7. The van der Waals surface area contributed by atoms with E-state index in [2.05, 4.69) is 24.1 Å². The van der Waals surface area contributed by atoms with E-state index < -0.39 is 0 Å². The molecule has 2 unspecified atom stereocenters. The lowest BCUT2D eigenvalue weighted by atomic mass is 10.1. The number of hydrogen-bond donors (Lipinski definition) is 1. The Kier molecular flexibility index (Phi) is 2.28. The second-order valence-corrected chi connectivity index (χ2v) is 4.64. The Morgan fingerprint density at radius 2 is 2.38 bits per heavy atom. The van der Waals surface area contributed by atoms with Gasteiger partial charge in [-0.3, -0.25) is 4.79 Å². The highest BCUT2D eigenvalue weighted by Gasteiger charge is 2.39. The molecule has 74 valence electrons. The maximum absolute atomic E-state index is 11.7. The van der Waals surface area contributed by atoms with E-state index >= 15 is 0 Å². The van der Waals surface area contributed by atoms with Crippen molar-refractivity contribution in [2.45, 2.75) is 38.8 Å². The molecule has 0 aromatic rings. The highest BCUT2D eigenvalue weighted by atomic mass is 16.2. The SMILES string of the molecule is CC(C)CC(=O)N1CC2CC1CN2. The molecular formula is C10H18N2O. The molecule has 2 heterocycles. The van der Waals surface area contributed by atoms with Crippen LogP contribution in [0.3, 0.4) is 0 Å². The third-order valence-corrected chi connectivity index (χ3v) is 2.96. The number of fused-ring (bicyclic) bond motifs is 2. The third-order valence-electron chi connectivity index (χ3n) is 2.96. The molecule has 2 atom stereocenters. The van der Waals surface area contributed by atoms with Crippen LogP contribution in [0.1, 0.15) is 26.7 Å². The maximum Gasteiger partial charge on any atom is 0.223 e. The van der Waals surface area contributed by atoms with Gasteiger partial charge in [-0.1, -0.05) is 13.8 Å². The van der Waals surface area contributed by atoms with Gasteiger partial charge in [0.05, 0.1) is 0 Å². The summed E-state index contributed by atoms with van der Waals surface area (Å²) in [5, 5.41) is 3.40. The van der Waals surface area contributed by atoms with Crippen molar-refractivity contribution in [1.29, 1.82) is 0 Å². The summed E-state index contributed by atoms with van der Waals surface area (Å²) in [5.41, 5.74) is 0. The first-order valence-electron chi connectivity index (χ1n) is 5.19. The zero-order valence-electron chi connectivity index (χ0n) is 8.42. The Hall–Kier alpha value is -0.570. The van der Waals surface area contributed by atoms with E-state index in [0.717, 1.165) is 13.1 Å². The van der Waals surface area contributed by atoms with Crippen LogP contribution in [-0.4, -0.2) is 36.0 Å². The molecule has 0 radical (unpaired) electrons. The number of carbonyl (C=O) groups is 1.